The van der Waals surface area contributed by atoms with Gasteiger partial charge in [0.15, 0.2) is 0 Å². The highest BCUT2D eigenvalue weighted by Gasteiger charge is 2.33. The van der Waals surface area contributed by atoms with E-state index in [1.165, 1.54) is 4.31 Å². The molecule has 1 aliphatic heterocycles. The molecule has 8 heteroatoms. The molecule has 34 heavy (non-hydrogen) atoms. The van der Waals surface area contributed by atoms with Crippen LogP contribution in [-0.2, 0) is 20.6 Å². The fourth-order valence-electron chi connectivity index (χ4n) is 4.56. The number of methoxy groups -OCH3 is 1. The molecule has 0 aliphatic carbocycles. The normalized spacial score (nSPS) is 18.0. The Labute approximate surface area is 208 Å². The minimum Gasteiger partial charge on any atom is -0.496 e. The van der Waals surface area contributed by atoms with E-state index < -0.39 is 10.0 Å². The second-order valence-corrected chi connectivity index (χ2v) is 11.8. The molecular formula is C26H35ClN2O4S. The van der Waals surface area contributed by atoms with Gasteiger partial charge in [-0.3, -0.25) is 4.79 Å². The van der Waals surface area contributed by atoms with Crippen LogP contribution in [0.2, 0.25) is 5.02 Å². The summed E-state index contributed by atoms with van der Waals surface area (Å²) < 4.78 is 33.0. The Kier molecular flexibility index (Phi) is 8.66. The van der Waals surface area contributed by atoms with Crippen LogP contribution in [-0.4, -0.2) is 38.8 Å². The number of nitrogens with one attached hydrogen (secondary N) is 1. The number of rotatable bonds is 8. The smallest absolute Gasteiger partial charge is 0.224 e. The second kappa shape index (κ2) is 11.1. The van der Waals surface area contributed by atoms with Gasteiger partial charge in [-0.1, -0.05) is 37.6 Å². The molecule has 1 aliphatic rings. The third-order valence-electron chi connectivity index (χ3n) is 6.45. The van der Waals surface area contributed by atoms with Crippen molar-refractivity contribution in [3.8, 4) is 5.75 Å². The summed E-state index contributed by atoms with van der Waals surface area (Å²) in [5.74, 6) is 0.516. The van der Waals surface area contributed by atoms with Gasteiger partial charge >= 0.3 is 0 Å². The molecule has 0 bridgehead atoms. The van der Waals surface area contributed by atoms with Crippen molar-refractivity contribution in [2.45, 2.75) is 58.2 Å². The molecule has 0 spiro atoms. The van der Waals surface area contributed by atoms with Gasteiger partial charge in [-0.05, 0) is 79.1 Å². The van der Waals surface area contributed by atoms with Crippen molar-refractivity contribution in [1.82, 2.24) is 9.62 Å². The van der Waals surface area contributed by atoms with Gasteiger partial charge in [-0.25, -0.2) is 12.7 Å². The van der Waals surface area contributed by atoms with Gasteiger partial charge < -0.3 is 10.1 Å². The van der Waals surface area contributed by atoms with E-state index in [9.17, 15) is 13.2 Å². The maximum atomic E-state index is 13.1. The lowest BCUT2D eigenvalue weighted by Gasteiger charge is -2.32. The monoisotopic (exact) mass is 506 g/mol. The summed E-state index contributed by atoms with van der Waals surface area (Å²) in [4.78, 5) is 13.1. The Balaban J connectivity index is 1.70. The number of nitrogens with zero attached hydrogens (tertiary/aromatic N) is 1. The highest BCUT2D eigenvalue weighted by atomic mass is 35.5. The van der Waals surface area contributed by atoms with Gasteiger partial charge in [0.05, 0.1) is 24.8 Å². The van der Waals surface area contributed by atoms with Crippen LogP contribution in [0.15, 0.2) is 36.4 Å². The van der Waals surface area contributed by atoms with E-state index in [0.29, 0.717) is 30.0 Å². The van der Waals surface area contributed by atoms with Gasteiger partial charge in [0.2, 0.25) is 15.9 Å². The molecule has 1 amide bonds. The SMILES string of the molecule is COc1cc(C)c([C@@H](C)NC(=O)[C@@H]2CCCN(S(=O)(=O)Cc3cccc(Cl)c3)C2)cc1C(C)C. The molecule has 2 atom stereocenters. The fraction of sp³-hybridized carbons (Fsp3) is 0.500. The summed E-state index contributed by atoms with van der Waals surface area (Å²) in [5, 5.41) is 3.63. The van der Waals surface area contributed by atoms with E-state index in [1.807, 2.05) is 19.9 Å². The van der Waals surface area contributed by atoms with Crippen LogP contribution in [0.3, 0.4) is 0 Å². The highest BCUT2D eigenvalue weighted by Crippen LogP contribution is 2.32. The fourth-order valence-corrected chi connectivity index (χ4v) is 6.37. The lowest BCUT2D eigenvalue weighted by molar-refractivity contribution is -0.126. The molecule has 1 N–H and O–H groups in total. The number of sulfonamides is 1. The maximum absolute atomic E-state index is 13.1. The number of benzene rings is 2. The zero-order chi connectivity index (χ0) is 25.0. The number of hydrogen-bond acceptors (Lipinski definition) is 4. The topological polar surface area (TPSA) is 75.7 Å². The number of amides is 1. The number of halogens is 1. The van der Waals surface area contributed by atoms with Crippen LogP contribution >= 0.6 is 11.6 Å². The van der Waals surface area contributed by atoms with Crippen LogP contribution in [0.5, 0.6) is 5.75 Å². The number of hydrogen-bond donors (Lipinski definition) is 1. The van der Waals surface area contributed by atoms with E-state index in [2.05, 4.69) is 25.2 Å². The average molecular weight is 507 g/mol. The molecule has 1 fully saturated rings. The molecule has 6 nitrogen and oxygen atoms in total. The summed E-state index contributed by atoms with van der Waals surface area (Å²) in [5.41, 5.74) is 3.83. The minimum absolute atomic E-state index is 0.114. The Bertz CT molecular complexity index is 1130. The number of ether oxygens (including phenoxy) is 1. The lowest BCUT2D eigenvalue weighted by Crippen LogP contribution is -2.46. The van der Waals surface area contributed by atoms with Crippen LogP contribution in [0.25, 0.3) is 0 Å². The van der Waals surface area contributed by atoms with Gasteiger partial charge in [0.1, 0.15) is 5.75 Å². The van der Waals surface area contributed by atoms with Crippen molar-refractivity contribution >= 4 is 27.5 Å². The molecule has 2 aromatic carbocycles. The third kappa shape index (κ3) is 6.32. The van der Waals surface area contributed by atoms with Gasteiger partial charge in [0, 0.05) is 18.1 Å². The minimum atomic E-state index is -3.55. The maximum Gasteiger partial charge on any atom is 0.224 e. The number of carbonyl (C=O) groups excluding carboxylic acids is 1. The van der Waals surface area contributed by atoms with E-state index in [0.717, 1.165) is 22.4 Å². The molecule has 1 saturated heterocycles. The Morgan fingerprint density at radius 2 is 1.94 bits per heavy atom. The first kappa shape index (κ1) is 26.5. The van der Waals surface area contributed by atoms with Crippen molar-refractivity contribution in [2.75, 3.05) is 20.2 Å². The van der Waals surface area contributed by atoms with Crippen LogP contribution in [0.4, 0.5) is 0 Å². The highest BCUT2D eigenvalue weighted by molar-refractivity contribution is 7.88. The second-order valence-electron chi connectivity index (χ2n) is 9.42. The Morgan fingerprint density at radius 3 is 2.59 bits per heavy atom. The molecule has 3 rings (SSSR count). The summed E-state index contributed by atoms with van der Waals surface area (Å²) >= 11 is 6.01. The third-order valence-corrected chi connectivity index (χ3v) is 8.50. The number of aryl methyl sites for hydroxylation is 1. The van der Waals surface area contributed by atoms with E-state index in [1.54, 1.807) is 31.4 Å². The Morgan fingerprint density at radius 1 is 1.21 bits per heavy atom. The summed E-state index contributed by atoms with van der Waals surface area (Å²) in [7, 11) is -1.88. The van der Waals surface area contributed by atoms with Crippen LogP contribution in [0.1, 0.15) is 67.8 Å². The zero-order valence-electron chi connectivity index (χ0n) is 20.6. The van der Waals surface area contributed by atoms with Crippen molar-refractivity contribution < 1.29 is 17.9 Å². The summed E-state index contributed by atoms with van der Waals surface area (Å²) in [6.45, 7) is 8.82. The molecule has 0 saturated carbocycles. The molecule has 0 aromatic heterocycles. The van der Waals surface area contributed by atoms with Gasteiger partial charge in [0.25, 0.3) is 0 Å². The van der Waals surface area contributed by atoms with Crippen LogP contribution in [0, 0.1) is 12.8 Å². The average Bonchev–Trinajstić information content (AvgIpc) is 2.78. The standard InChI is InChI=1S/C26H35ClN2O4S/c1-17(2)23-14-24(18(3)12-25(23)33-5)19(4)28-26(30)21-9-7-11-29(15-21)34(31,32)16-20-8-6-10-22(27)13-20/h6,8,10,12-14,17,19,21H,7,9,11,15-16H2,1-5H3,(H,28,30)/t19-,21-/m1/s1. The molecular weight excluding hydrogens is 472 g/mol. The first-order valence-corrected chi connectivity index (χ1v) is 13.7. The van der Waals surface area contributed by atoms with E-state index in [-0.39, 0.29) is 36.1 Å². The lowest BCUT2D eigenvalue weighted by atomic mass is 9.92. The zero-order valence-corrected chi connectivity index (χ0v) is 22.2. The first-order chi connectivity index (χ1) is 16.0. The van der Waals surface area contributed by atoms with E-state index >= 15 is 0 Å². The number of piperidine rings is 1. The molecule has 2 aromatic rings. The quantitative estimate of drug-likeness (QED) is 0.534. The number of carbonyl (C=O) groups is 1. The summed E-state index contributed by atoms with van der Waals surface area (Å²) in [6, 6.07) is 10.8. The molecule has 1 heterocycles. The molecule has 0 unspecified atom stereocenters. The molecule has 186 valence electrons. The van der Waals surface area contributed by atoms with Crippen molar-refractivity contribution in [2.24, 2.45) is 5.92 Å². The van der Waals surface area contributed by atoms with E-state index in [4.69, 9.17) is 16.3 Å². The van der Waals surface area contributed by atoms with Gasteiger partial charge in [-0.15, -0.1) is 0 Å². The predicted octanol–water partition coefficient (Wildman–Crippen LogP) is 5.20. The first-order valence-electron chi connectivity index (χ1n) is 11.7. The summed E-state index contributed by atoms with van der Waals surface area (Å²) in [6.07, 6.45) is 1.32. The van der Waals surface area contributed by atoms with Crippen molar-refractivity contribution in [3.63, 3.8) is 0 Å². The molecule has 0 radical (unpaired) electrons. The van der Waals surface area contributed by atoms with Gasteiger partial charge in [-0.2, -0.15) is 0 Å². The largest absolute Gasteiger partial charge is 0.496 e. The van der Waals surface area contributed by atoms with Crippen LogP contribution < -0.4 is 10.1 Å². The van der Waals surface area contributed by atoms with Crippen molar-refractivity contribution in [1.29, 1.82) is 0 Å². The van der Waals surface area contributed by atoms with Crippen molar-refractivity contribution in [3.05, 3.63) is 63.7 Å². The predicted molar refractivity (Wildman–Crippen MR) is 137 cm³/mol. The Hall–Kier alpha value is -2.09.